The standard InChI is InChI=1S/C21H30N4O2S.HI/c1-14-20(28-15(2)25-14)13-24-21(22-3)23-12-16-9-10-18(26-4)11-19(16)27-17-7-5-6-8-17;/h9-11,17H,5-8,12-13H2,1-4H3,(H2,22,23,24);1H. The Morgan fingerprint density at radius 3 is 2.55 bits per heavy atom. The highest BCUT2D eigenvalue weighted by Gasteiger charge is 2.18. The minimum atomic E-state index is 0. The maximum absolute atomic E-state index is 6.28. The molecule has 0 aliphatic heterocycles. The van der Waals surface area contributed by atoms with Crippen LogP contribution in [-0.4, -0.2) is 31.2 Å². The third-order valence-electron chi connectivity index (χ3n) is 4.96. The summed E-state index contributed by atoms with van der Waals surface area (Å²) in [6, 6.07) is 6.01. The van der Waals surface area contributed by atoms with Gasteiger partial charge in [-0.2, -0.15) is 0 Å². The molecule has 2 aromatic rings. The molecule has 0 bridgehead atoms. The minimum absolute atomic E-state index is 0. The molecule has 0 atom stereocenters. The van der Waals surface area contributed by atoms with Crippen LogP contribution in [0.4, 0.5) is 0 Å². The van der Waals surface area contributed by atoms with Crippen LogP contribution >= 0.6 is 35.3 Å². The lowest BCUT2D eigenvalue weighted by molar-refractivity contribution is 0.207. The lowest BCUT2D eigenvalue weighted by atomic mass is 10.2. The van der Waals surface area contributed by atoms with E-state index in [1.807, 2.05) is 26.0 Å². The lowest BCUT2D eigenvalue weighted by Crippen LogP contribution is -2.36. The molecular weight excluding hydrogens is 499 g/mol. The monoisotopic (exact) mass is 530 g/mol. The molecule has 1 saturated carbocycles. The molecule has 160 valence electrons. The Labute approximate surface area is 194 Å². The Bertz CT molecular complexity index is 819. The molecule has 1 aliphatic carbocycles. The molecule has 6 nitrogen and oxygen atoms in total. The van der Waals surface area contributed by atoms with Gasteiger partial charge in [0.1, 0.15) is 11.5 Å². The van der Waals surface area contributed by atoms with Crippen LogP contribution in [0, 0.1) is 13.8 Å². The number of hydrogen-bond donors (Lipinski definition) is 2. The van der Waals surface area contributed by atoms with Gasteiger partial charge in [-0.3, -0.25) is 4.99 Å². The number of aromatic nitrogens is 1. The summed E-state index contributed by atoms with van der Waals surface area (Å²) in [4.78, 5) is 10.0. The SMILES string of the molecule is CN=C(NCc1ccc(OC)cc1OC1CCCC1)NCc1sc(C)nc1C.I. The molecule has 1 aliphatic rings. The predicted molar refractivity (Wildman–Crippen MR) is 130 cm³/mol. The van der Waals surface area contributed by atoms with E-state index in [9.17, 15) is 0 Å². The van der Waals surface area contributed by atoms with Gasteiger partial charge in [0, 0.05) is 30.1 Å². The summed E-state index contributed by atoms with van der Waals surface area (Å²) in [6.07, 6.45) is 5.05. The van der Waals surface area contributed by atoms with Gasteiger partial charge in [-0.15, -0.1) is 35.3 Å². The zero-order chi connectivity index (χ0) is 19.9. The normalized spacial score (nSPS) is 14.4. The molecule has 1 aromatic heterocycles. The third kappa shape index (κ3) is 6.74. The van der Waals surface area contributed by atoms with Crippen molar-refractivity contribution in [3.05, 3.63) is 39.3 Å². The van der Waals surface area contributed by atoms with E-state index in [1.54, 1.807) is 25.5 Å². The van der Waals surface area contributed by atoms with E-state index in [2.05, 4.69) is 26.7 Å². The van der Waals surface area contributed by atoms with Crippen molar-refractivity contribution in [1.29, 1.82) is 0 Å². The van der Waals surface area contributed by atoms with Crippen molar-refractivity contribution in [1.82, 2.24) is 15.6 Å². The predicted octanol–water partition coefficient (Wildman–Crippen LogP) is 4.57. The van der Waals surface area contributed by atoms with E-state index in [-0.39, 0.29) is 24.0 Å². The van der Waals surface area contributed by atoms with Crippen molar-refractivity contribution in [2.75, 3.05) is 14.2 Å². The van der Waals surface area contributed by atoms with Gasteiger partial charge in [-0.05, 0) is 51.7 Å². The third-order valence-corrected chi connectivity index (χ3v) is 6.03. The molecule has 8 heteroatoms. The second-order valence-electron chi connectivity index (χ2n) is 7.02. The van der Waals surface area contributed by atoms with Crippen molar-refractivity contribution in [3.63, 3.8) is 0 Å². The van der Waals surface area contributed by atoms with Crippen molar-refractivity contribution in [2.24, 2.45) is 4.99 Å². The summed E-state index contributed by atoms with van der Waals surface area (Å²) >= 11 is 1.72. The number of aryl methyl sites for hydroxylation is 2. The summed E-state index contributed by atoms with van der Waals surface area (Å²) in [5.41, 5.74) is 2.17. The number of nitrogens with zero attached hydrogens (tertiary/aromatic N) is 2. The Hall–Kier alpha value is -1.55. The zero-order valence-corrected chi connectivity index (χ0v) is 20.7. The maximum Gasteiger partial charge on any atom is 0.191 e. The summed E-state index contributed by atoms with van der Waals surface area (Å²) in [5.74, 6) is 2.46. The second kappa shape index (κ2) is 11.6. The number of thiazole rings is 1. The van der Waals surface area contributed by atoms with Crippen LogP contribution in [0.25, 0.3) is 0 Å². The number of nitrogens with one attached hydrogen (secondary N) is 2. The number of benzene rings is 1. The summed E-state index contributed by atoms with van der Waals surface area (Å²) < 4.78 is 11.7. The Balaban J connectivity index is 0.00000300. The van der Waals surface area contributed by atoms with Crippen LogP contribution in [0.5, 0.6) is 11.5 Å². The first-order valence-corrected chi connectivity index (χ1v) is 10.6. The summed E-state index contributed by atoms with van der Waals surface area (Å²) in [7, 11) is 3.46. The van der Waals surface area contributed by atoms with Crippen LogP contribution < -0.4 is 20.1 Å². The molecule has 1 fully saturated rings. The molecule has 2 N–H and O–H groups in total. The van der Waals surface area contributed by atoms with E-state index in [0.717, 1.165) is 46.6 Å². The molecule has 0 spiro atoms. The maximum atomic E-state index is 6.28. The van der Waals surface area contributed by atoms with Gasteiger partial charge in [-0.1, -0.05) is 0 Å². The van der Waals surface area contributed by atoms with Crippen molar-refractivity contribution >= 4 is 41.3 Å². The van der Waals surface area contributed by atoms with Crippen LogP contribution in [0.15, 0.2) is 23.2 Å². The number of methoxy groups -OCH3 is 1. The van der Waals surface area contributed by atoms with Crippen molar-refractivity contribution in [3.8, 4) is 11.5 Å². The highest BCUT2D eigenvalue weighted by atomic mass is 127. The highest BCUT2D eigenvalue weighted by Crippen LogP contribution is 2.30. The van der Waals surface area contributed by atoms with Gasteiger partial charge in [0.2, 0.25) is 0 Å². The van der Waals surface area contributed by atoms with E-state index in [4.69, 9.17) is 9.47 Å². The molecular formula is C21H31IN4O2S. The number of rotatable bonds is 7. The number of guanidine groups is 1. The average Bonchev–Trinajstić information content (AvgIpc) is 3.31. The molecule has 0 amide bonds. The number of ether oxygens (including phenoxy) is 2. The first kappa shape index (κ1) is 23.7. The van der Waals surface area contributed by atoms with Gasteiger partial charge >= 0.3 is 0 Å². The van der Waals surface area contributed by atoms with Crippen molar-refractivity contribution in [2.45, 2.75) is 58.7 Å². The first-order chi connectivity index (χ1) is 13.6. The van der Waals surface area contributed by atoms with Gasteiger partial charge in [0.15, 0.2) is 5.96 Å². The fourth-order valence-electron chi connectivity index (χ4n) is 3.40. The largest absolute Gasteiger partial charge is 0.497 e. The number of aliphatic imine (C=N–C) groups is 1. The Morgan fingerprint density at radius 2 is 1.93 bits per heavy atom. The average molecular weight is 530 g/mol. The van der Waals surface area contributed by atoms with E-state index in [0.29, 0.717) is 19.2 Å². The Morgan fingerprint density at radius 1 is 1.21 bits per heavy atom. The summed E-state index contributed by atoms with van der Waals surface area (Å²) in [5, 5.41) is 7.84. The lowest BCUT2D eigenvalue weighted by Gasteiger charge is -2.18. The topological polar surface area (TPSA) is 67.8 Å². The molecule has 0 saturated heterocycles. The van der Waals surface area contributed by atoms with Crippen LogP contribution in [-0.2, 0) is 13.1 Å². The second-order valence-corrected chi connectivity index (χ2v) is 8.31. The molecule has 0 radical (unpaired) electrons. The number of halogens is 1. The van der Waals surface area contributed by atoms with E-state index >= 15 is 0 Å². The van der Waals surface area contributed by atoms with Crippen molar-refractivity contribution < 1.29 is 9.47 Å². The van der Waals surface area contributed by atoms with E-state index in [1.165, 1.54) is 17.7 Å². The van der Waals surface area contributed by atoms with Gasteiger partial charge in [0.25, 0.3) is 0 Å². The molecule has 0 unspecified atom stereocenters. The smallest absolute Gasteiger partial charge is 0.191 e. The first-order valence-electron chi connectivity index (χ1n) is 9.80. The minimum Gasteiger partial charge on any atom is -0.497 e. The summed E-state index contributed by atoms with van der Waals surface area (Å²) in [6.45, 7) is 5.42. The molecule has 29 heavy (non-hydrogen) atoms. The number of hydrogen-bond acceptors (Lipinski definition) is 5. The fraction of sp³-hybridized carbons (Fsp3) is 0.524. The van der Waals surface area contributed by atoms with Gasteiger partial charge in [-0.25, -0.2) is 4.98 Å². The molecule has 3 rings (SSSR count). The highest BCUT2D eigenvalue weighted by molar-refractivity contribution is 14.0. The molecule has 1 heterocycles. The molecule has 1 aromatic carbocycles. The Kier molecular flexibility index (Phi) is 9.48. The van der Waals surface area contributed by atoms with Gasteiger partial charge < -0.3 is 20.1 Å². The quantitative estimate of drug-likeness (QED) is 0.312. The van der Waals surface area contributed by atoms with Crippen LogP contribution in [0.3, 0.4) is 0 Å². The van der Waals surface area contributed by atoms with Gasteiger partial charge in [0.05, 0.1) is 30.5 Å². The van der Waals surface area contributed by atoms with E-state index < -0.39 is 0 Å². The fourth-order valence-corrected chi connectivity index (χ4v) is 4.28. The zero-order valence-electron chi connectivity index (χ0n) is 17.6. The van der Waals surface area contributed by atoms with Crippen LogP contribution in [0.1, 0.15) is 46.8 Å². The van der Waals surface area contributed by atoms with Crippen LogP contribution in [0.2, 0.25) is 0 Å².